The van der Waals surface area contributed by atoms with Crippen molar-refractivity contribution in [3.8, 4) is 6.07 Å². The summed E-state index contributed by atoms with van der Waals surface area (Å²) in [4.78, 5) is 0. The van der Waals surface area contributed by atoms with E-state index in [1.807, 2.05) is 0 Å². The maximum absolute atomic E-state index is 11.4. The molecule has 0 aliphatic rings. The van der Waals surface area contributed by atoms with E-state index in [2.05, 4.69) is 0 Å². The van der Waals surface area contributed by atoms with Gasteiger partial charge in [0.1, 0.15) is 11.8 Å². The van der Waals surface area contributed by atoms with Gasteiger partial charge < -0.3 is 4.55 Å². The van der Waals surface area contributed by atoms with E-state index in [4.69, 9.17) is 5.26 Å². The fourth-order valence-corrected chi connectivity index (χ4v) is 1.08. The van der Waals surface area contributed by atoms with E-state index >= 15 is 0 Å². The van der Waals surface area contributed by atoms with Gasteiger partial charge in [-0.2, -0.15) is 5.26 Å². The molecule has 1 unspecified atom stereocenters. The number of rotatable bonds is 4. The summed E-state index contributed by atoms with van der Waals surface area (Å²) in [5, 5.41) is 8.00. The first-order valence-corrected chi connectivity index (χ1v) is 4.08. The van der Waals surface area contributed by atoms with Gasteiger partial charge >= 0.3 is 0 Å². The van der Waals surface area contributed by atoms with Crippen LogP contribution in [-0.4, -0.2) is 22.7 Å². The fourth-order valence-electron chi connectivity index (χ4n) is 0.360. The van der Waals surface area contributed by atoms with E-state index in [1.54, 1.807) is 6.07 Å². The zero-order chi connectivity index (χ0) is 7.11. The van der Waals surface area contributed by atoms with Crippen LogP contribution in [0.15, 0.2) is 0 Å². The number of nitriles is 1. The summed E-state index contributed by atoms with van der Waals surface area (Å²) in [5.74, 6) is 0.337. The van der Waals surface area contributed by atoms with Crippen LogP contribution in [0.4, 0.5) is 4.39 Å². The molecule has 52 valence electrons. The monoisotopic (exact) mass is 149 g/mol. The predicted molar refractivity (Wildman–Crippen MR) is 34.1 cm³/mol. The van der Waals surface area contributed by atoms with Gasteiger partial charge in [0, 0.05) is 6.42 Å². The normalized spacial score (nSPS) is 12.6. The third-order valence-electron chi connectivity index (χ3n) is 0.731. The molecular formula is C5H8FNOS. The van der Waals surface area contributed by atoms with Gasteiger partial charge in [-0.05, 0) is 11.2 Å². The topological polar surface area (TPSA) is 46.8 Å². The summed E-state index contributed by atoms with van der Waals surface area (Å²) in [6, 6.07) is 1.75. The highest BCUT2D eigenvalue weighted by Crippen LogP contribution is 1.92. The minimum absolute atomic E-state index is 0.0278. The Morgan fingerprint density at radius 2 is 2.33 bits per heavy atom. The summed E-state index contributed by atoms with van der Waals surface area (Å²) in [6.45, 7) is -0.447. The van der Waals surface area contributed by atoms with Crippen molar-refractivity contribution in [1.82, 2.24) is 0 Å². The summed E-state index contributed by atoms with van der Waals surface area (Å²) in [7, 11) is 0. The molecule has 9 heavy (non-hydrogen) atoms. The number of nitrogens with zero attached hydrogens (tertiary/aromatic N) is 1. The average Bonchev–Trinajstić information content (AvgIpc) is 1.85. The Bertz CT molecular complexity index is 104. The molecule has 0 aliphatic heterocycles. The van der Waals surface area contributed by atoms with E-state index < -0.39 is 17.9 Å². The molecule has 0 aromatic heterocycles. The van der Waals surface area contributed by atoms with Crippen molar-refractivity contribution in [2.75, 3.05) is 18.2 Å². The van der Waals surface area contributed by atoms with Crippen LogP contribution in [0.3, 0.4) is 0 Å². The number of alkyl halides is 1. The lowest BCUT2D eigenvalue weighted by Gasteiger charge is -2.03. The molecule has 0 saturated carbocycles. The number of hydrogen-bond donors (Lipinski definition) is 0. The van der Waals surface area contributed by atoms with Gasteiger partial charge in [0.15, 0.2) is 5.75 Å². The molecule has 0 fully saturated rings. The quantitative estimate of drug-likeness (QED) is 0.550. The van der Waals surface area contributed by atoms with Gasteiger partial charge in [0.2, 0.25) is 0 Å². The van der Waals surface area contributed by atoms with E-state index in [-0.39, 0.29) is 5.75 Å². The highest BCUT2D eigenvalue weighted by molar-refractivity contribution is 7.91. The van der Waals surface area contributed by atoms with Gasteiger partial charge in [-0.15, -0.1) is 0 Å². The van der Waals surface area contributed by atoms with E-state index in [0.29, 0.717) is 12.2 Å². The summed E-state index contributed by atoms with van der Waals surface area (Å²) < 4.78 is 21.9. The molecule has 0 heterocycles. The highest BCUT2D eigenvalue weighted by Gasteiger charge is 2.02. The Morgan fingerprint density at radius 1 is 1.67 bits per heavy atom. The lowest BCUT2D eigenvalue weighted by atomic mass is 10.6. The van der Waals surface area contributed by atoms with Crippen LogP contribution < -0.4 is 0 Å². The first kappa shape index (κ1) is 8.73. The maximum Gasteiger partial charge on any atom is 0.190 e. The van der Waals surface area contributed by atoms with Gasteiger partial charge in [-0.3, -0.25) is 4.39 Å². The first-order chi connectivity index (χ1) is 4.31. The Hall–Kier alpha value is -0.270. The standard InChI is InChI=1S/C5H8FNOS/c6-2-1-4-9(8)5-3-7/h1-2,4-5H2. The molecule has 0 aromatic rings. The van der Waals surface area contributed by atoms with Gasteiger partial charge in [0.05, 0.1) is 6.67 Å². The molecule has 0 radical (unpaired) electrons. The third kappa shape index (κ3) is 5.60. The lowest BCUT2D eigenvalue weighted by Crippen LogP contribution is -2.09. The average molecular weight is 149 g/mol. The molecular weight excluding hydrogens is 141 g/mol. The summed E-state index contributed by atoms with van der Waals surface area (Å²) >= 11 is -1.12. The fraction of sp³-hybridized carbons (Fsp3) is 0.800. The smallest absolute Gasteiger partial charge is 0.190 e. The summed E-state index contributed by atoms with van der Waals surface area (Å²) in [5.41, 5.74) is 0. The van der Waals surface area contributed by atoms with E-state index in [0.717, 1.165) is 0 Å². The molecule has 0 spiro atoms. The molecule has 0 aromatic carbocycles. The van der Waals surface area contributed by atoms with Crippen molar-refractivity contribution in [1.29, 1.82) is 5.26 Å². The zero-order valence-electron chi connectivity index (χ0n) is 4.97. The van der Waals surface area contributed by atoms with Crippen molar-refractivity contribution in [2.24, 2.45) is 0 Å². The SMILES string of the molecule is N#CC[S+]([O-])CCCF. The van der Waals surface area contributed by atoms with Crippen molar-refractivity contribution in [2.45, 2.75) is 6.42 Å². The van der Waals surface area contributed by atoms with Crippen LogP contribution in [0.5, 0.6) is 0 Å². The van der Waals surface area contributed by atoms with Gasteiger partial charge in [0.25, 0.3) is 0 Å². The molecule has 0 saturated heterocycles. The van der Waals surface area contributed by atoms with Crippen LogP contribution >= 0.6 is 0 Å². The largest absolute Gasteiger partial charge is 0.616 e. The molecule has 0 bridgehead atoms. The highest BCUT2D eigenvalue weighted by atomic mass is 32.2. The number of halogens is 1. The van der Waals surface area contributed by atoms with Crippen molar-refractivity contribution in [3.63, 3.8) is 0 Å². The van der Waals surface area contributed by atoms with E-state index in [1.165, 1.54) is 0 Å². The lowest BCUT2D eigenvalue weighted by molar-refractivity contribution is 0.484. The molecule has 1 atom stereocenters. The molecule has 0 aliphatic carbocycles. The van der Waals surface area contributed by atoms with Gasteiger partial charge in [-0.25, -0.2) is 0 Å². The van der Waals surface area contributed by atoms with Crippen molar-refractivity contribution < 1.29 is 8.94 Å². The second-order valence-electron chi connectivity index (χ2n) is 1.49. The molecule has 0 rings (SSSR count). The van der Waals surface area contributed by atoms with E-state index in [9.17, 15) is 8.94 Å². The van der Waals surface area contributed by atoms with Crippen LogP contribution in [-0.2, 0) is 11.2 Å². The molecule has 0 N–H and O–H groups in total. The Morgan fingerprint density at radius 3 is 2.78 bits per heavy atom. The first-order valence-electron chi connectivity index (χ1n) is 2.59. The van der Waals surface area contributed by atoms with Crippen molar-refractivity contribution >= 4 is 11.2 Å². The predicted octanol–water partition coefficient (Wildman–Crippen LogP) is 0.618. The molecule has 2 nitrogen and oxygen atoms in total. The number of hydrogen-bond acceptors (Lipinski definition) is 2. The van der Waals surface area contributed by atoms with Crippen molar-refractivity contribution in [3.05, 3.63) is 0 Å². The Kier molecular flexibility index (Phi) is 5.68. The van der Waals surface area contributed by atoms with Crippen LogP contribution in [0, 0.1) is 11.3 Å². The maximum atomic E-state index is 11.4. The molecule has 4 heteroatoms. The van der Waals surface area contributed by atoms with Gasteiger partial charge in [-0.1, -0.05) is 0 Å². The van der Waals surface area contributed by atoms with Crippen LogP contribution in [0.25, 0.3) is 0 Å². The molecule has 0 amide bonds. The Balaban J connectivity index is 3.08. The second-order valence-corrected chi connectivity index (χ2v) is 3.07. The second kappa shape index (κ2) is 5.86. The zero-order valence-corrected chi connectivity index (χ0v) is 5.79. The third-order valence-corrected chi connectivity index (χ3v) is 1.93. The minimum Gasteiger partial charge on any atom is -0.616 e. The summed E-state index contributed by atoms with van der Waals surface area (Å²) in [6.07, 6.45) is 0.300. The Labute approximate surface area is 56.9 Å². The van der Waals surface area contributed by atoms with Crippen LogP contribution in [0.1, 0.15) is 6.42 Å². The van der Waals surface area contributed by atoms with Crippen LogP contribution in [0.2, 0.25) is 0 Å². The minimum atomic E-state index is -1.12.